The molecular formula is C22H18Cl2N2O4. The van der Waals surface area contributed by atoms with E-state index in [0.29, 0.717) is 21.2 Å². The minimum absolute atomic E-state index is 0.172. The van der Waals surface area contributed by atoms with Gasteiger partial charge in [0.1, 0.15) is 0 Å². The fourth-order valence-corrected chi connectivity index (χ4v) is 3.36. The Balaban J connectivity index is 2.16. The molecule has 0 amide bonds. The number of hydrogen-bond acceptors (Lipinski definition) is 4. The molecule has 4 N–H and O–H groups in total. The topological polar surface area (TPSA) is 95.5 Å². The van der Waals surface area contributed by atoms with Crippen molar-refractivity contribution < 1.29 is 20.9 Å². The second-order valence-corrected chi connectivity index (χ2v) is 7.17. The molecule has 0 fully saturated rings. The van der Waals surface area contributed by atoms with Gasteiger partial charge in [-0.25, -0.2) is 10.4 Å². The van der Waals surface area contributed by atoms with E-state index in [1.54, 1.807) is 24.3 Å². The Morgan fingerprint density at radius 2 is 1.03 bits per heavy atom. The maximum Gasteiger partial charge on any atom is 0.177 e. The average molecular weight is 445 g/mol. The molecule has 2 atom stereocenters. The third-order valence-corrected chi connectivity index (χ3v) is 5.00. The highest BCUT2D eigenvalue weighted by Gasteiger charge is 2.18. The van der Waals surface area contributed by atoms with Crippen molar-refractivity contribution in [2.24, 2.45) is 0 Å². The zero-order chi connectivity index (χ0) is 21.7. The highest BCUT2D eigenvalue weighted by molar-refractivity contribution is 6.51. The quantitative estimate of drug-likeness (QED) is 0.341. The zero-order valence-corrected chi connectivity index (χ0v) is 17.1. The van der Waals surface area contributed by atoms with Crippen molar-refractivity contribution in [1.82, 2.24) is 0 Å². The molecule has 3 aromatic rings. The van der Waals surface area contributed by atoms with Gasteiger partial charge in [-0.05, 0) is 29.3 Å². The third-order valence-electron chi connectivity index (χ3n) is 4.35. The second kappa shape index (κ2) is 9.99. The molecule has 0 aliphatic rings. The Hall–Kier alpha value is -2.52. The molecule has 0 saturated carbocycles. The molecular weight excluding hydrogens is 427 g/mol. The number of benzene rings is 3. The van der Waals surface area contributed by atoms with Gasteiger partial charge in [-0.2, -0.15) is 10.5 Å². The first-order chi connectivity index (χ1) is 14.4. The van der Waals surface area contributed by atoms with Crippen molar-refractivity contribution in [2.45, 2.75) is 0 Å². The summed E-state index contributed by atoms with van der Waals surface area (Å²) in [4.78, 5) is 0. The summed E-state index contributed by atoms with van der Waals surface area (Å²) < 4.78 is 0. The number of halogens is 2. The Labute approximate surface area is 183 Å². The van der Waals surface area contributed by atoms with Crippen LogP contribution in [0, 0.1) is 10.4 Å². The van der Waals surface area contributed by atoms with E-state index in [4.69, 9.17) is 23.2 Å². The van der Waals surface area contributed by atoms with E-state index in [9.17, 15) is 20.8 Å². The van der Waals surface area contributed by atoms with Crippen LogP contribution < -0.4 is 10.5 Å². The zero-order valence-electron chi connectivity index (χ0n) is 15.5. The van der Waals surface area contributed by atoms with Crippen LogP contribution in [0.2, 0.25) is 0 Å². The summed E-state index contributed by atoms with van der Waals surface area (Å²) >= 11 is 12.8. The monoisotopic (exact) mass is 444 g/mol. The number of hydrogen-bond donors (Lipinski definition) is 4. The molecule has 0 spiro atoms. The molecule has 30 heavy (non-hydrogen) atoms. The van der Waals surface area contributed by atoms with Gasteiger partial charge in [0.05, 0.1) is 6.07 Å². The van der Waals surface area contributed by atoms with Gasteiger partial charge >= 0.3 is 0 Å². The summed E-state index contributed by atoms with van der Waals surface area (Å²) in [7, 11) is 0. The average Bonchev–Trinajstić information content (AvgIpc) is 2.74. The fourth-order valence-electron chi connectivity index (χ4n) is 2.88. The molecule has 0 aliphatic heterocycles. The molecule has 154 valence electrons. The van der Waals surface area contributed by atoms with E-state index in [1.165, 1.54) is 18.2 Å². The molecule has 6 nitrogen and oxygen atoms in total. The van der Waals surface area contributed by atoms with Crippen molar-refractivity contribution in [2.75, 3.05) is 0 Å². The Morgan fingerprint density at radius 1 is 0.667 bits per heavy atom. The van der Waals surface area contributed by atoms with Gasteiger partial charge in [0.15, 0.2) is 11.4 Å². The van der Waals surface area contributed by atoms with Crippen LogP contribution in [0.5, 0.6) is 0 Å². The van der Waals surface area contributed by atoms with Crippen LogP contribution in [0.25, 0.3) is 22.2 Å². The summed E-state index contributed by atoms with van der Waals surface area (Å²) in [6.45, 7) is 0. The summed E-state index contributed by atoms with van der Waals surface area (Å²) in [5.41, 5.74) is 1.61. The normalized spacial score (nSPS) is 14.5. The maximum atomic E-state index is 11.8. The van der Waals surface area contributed by atoms with E-state index in [2.05, 4.69) is 0 Å². The predicted octanol–water partition coefficient (Wildman–Crippen LogP) is 3.97. The van der Waals surface area contributed by atoms with Crippen LogP contribution in [0.4, 0.5) is 11.4 Å². The number of rotatable bonds is 6. The van der Waals surface area contributed by atoms with Gasteiger partial charge in [0.2, 0.25) is 0 Å². The predicted molar refractivity (Wildman–Crippen MR) is 118 cm³/mol. The SMILES string of the molecule is [O-][NH+](O)c1cc([NH+]([O-])O)c(C=C(Cl)c2ccccc2)cc1C=C(Cl)c1ccccc1. The number of quaternary nitrogens is 2. The molecule has 0 aromatic heterocycles. The molecule has 8 heteroatoms. The lowest BCUT2D eigenvalue weighted by Gasteiger charge is -2.20. The number of nitrogens with one attached hydrogen (secondary N) is 2. The molecule has 0 aliphatic carbocycles. The Morgan fingerprint density at radius 3 is 1.37 bits per heavy atom. The van der Waals surface area contributed by atoms with Crippen LogP contribution in [0.1, 0.15) is 22.3 Å². The van der Waals surface area contributed by atoms with Crippen LogP contribution >= 0.6 is 23.2 Å². The summed E-state index contributed by atoms with van der Waals surface area (Å²) in [5, 5.41) is 40.9. The van der Waals surface area contributed by atoms with E-state index in [1.807, 2.05) is 36.4 Å². The maximum absolute atomic E-state index is 11.8. The van der Waals surface area contributed by atoms with Crippen LogP contribution in [-0.4, -0.2) is 10.4 Å². The Bertz CT molecular complexity index is 987. The molecule has 3 rings (SSSR count). The van der Waals surface area contributed by atoms with Crippen molar-refractivity contribution in [3.63, 3.8) is 0 Å². The van der Waals surface area contributed by atoms with E-state index >= 15 is 0 Å². The van der Waals surface area contributed by atoms with Crippen LogP contribution in [0.15, 0.2) is 72.8 Å². The fraction of sp³-hybridized carbons (Fsp3) is 0. The lowest BCUT2D eigenvalue weighted by Crippen LogP contribution is -3.01. The van der Waals surface area contributed by atoms with E-state index in [-0.39, 0.29) is 22.5 Å². The van der Waals surface area contributed by atoms with Crippen molar-refractivity contribution in [3.05, 3.63) is 105 Å². The second-order valence-electron chi connectivity index (χ2n) is 6.35. The van der Waals surface area contributed by atoms with Gasteiger partial charge in [-0.1, -0.05) is 83.9 Å². The van der Waals surface area contributed by atoms with Gasteiger partial charge in [-0.3, -0.25) is 0 Å². The highest BCUT2D eigenvalue weighted by atomic mass is 35.5. The van der Waals surface area contributed by atoms with Gasteiger partial charge in [-0.15, -0.1) is 0 Å². The first-order valence-corrected chi connectivity index (χ1v) is 9.62. The highest BCUT2D eigenvalue weighted by Crippen LogP contribution is 2.30. The van der Waals surface area contributed by atoms with Crippen LogP contribution in [0.3, 0.4) is 0 Å². The van der Waals surface area contributed by atoms with Crippen molar-refractivity contribution in [1.29, 1.82) is 0 Å². The summed E-state index contributed by atoms with van der Waals surface area (Å²) in [6.07, 6.45) is 3.00. The third kappa shape index (κ3) is 5.34. The standard InChI is InChI=1S/C22H18Cl2N2O4/c23-19(15-7-3-1-4-8-15)12-17-11-18(13-20(24)16-9-5-2-6-10-16)22(26(29)30)14-21(17)25(27)28/h1-14,25-27,29H. The van der Waals surface area contributed by atoms with Crippen LogP contribution in [-0.2, 0) is 0 Å². The molecule has 0 bridgehead atoms. The lowest BCUT2D eigenvalue weighted by atomic mass is 10.0. The smallest absolute Gasteiger partial charge is 0.177 e. The summed E-state index contributed by atoms with van der Waals surface area (Å²) in [5.74, 6) is 0. The van der Waals surface area contributed by atoms with Gasteiger partial charge < -0.3 is 10.4 Å². The summed E-state index contributed by atoms with van der Waals surface area (Å²) in [6, 6.07) is 20.7. The molecule has 0 heterocycles. The molecule has 3 aromatic carbocycles. The largest absolute Gasteiger partial charge is 0.595 e. The van der Waals surface area contributed by atoms with Gasteiger partial charge in [0, 0.05) is 21.2 Å². The minimum Gasteiger partial charge on any atom is -0.595 e. The molecule has 0 radical (unpaired) electrons. The van der Waals surface area contributed by atoms with E-state index in [0.717, 1.165) is 6.07 Å². The van der Waals surface area contributed by atoms with Crippen molar-refractivity contribution >= 4 is 56.8 Å². The minimum atomic E-state index is -1.26. The lowest BCUT2D eigenvalue weighted by molar-refractivity contribution is -0.996. The van der Waals surface area contributed by atoms with Crippen molar-refractivity contribution in [3.8, 4) is 0 Å². The van der Waals surface area contributed by atoms with E-state index < -0.39 is 10.5 Å². The first-order valence-electron chi connectivity index (χ1n) is 8.86. The first kappa shape index (κ1) is 22.2. The molecule has 0 saturated heterocycles. The van der Waals surface area contributed by atoms with Gasteiger partial charge in [0.25, 0.3) is 0 Å². The Kier molecular flexibility index (Phi) is 7.38. The molecule has 2 unspecified atom stereocenters.